The quantitative estimate of drug-likeness (QED) is 0.131. The molecule has 0 aromatic heterocycles. The minimum atomic E-state index is -0.318. The van der Waals surface area contributed by atoms with Crippen LogP contribution in [0.2, 0.25) is 0 Å². The van der Waals surface area contributed by atoms with Crippen molar-refractivity contribution < 1.29 is 29.3 Å². The van der Waals surface area contributed by atoms with E-state index in [1.807, 2.05) is 86.6 Å². The Morgan fingerprint density at radius 2 is 0.727 bits per heavy atom. The Balaban J connectivity index is 1.54. The van der Waals surface area contributed by atoms with Crippen LogP contribution in [0.4, 0.5) is 22.7 Å². The summed E-state index contributed by atoms with van der Waals surface area (Å²) < 4.78 is 12.9. The van der Waals surface area contributed by atoms with Crippen molar-refractivity contribution in [1.82, 2.24) is 0 Å². The SMILES string of the molecule is CC(=O)COc1c2cc(C(C)(C)C)cc1Cc1cc(N=Nc3ccc(C)cc3)cc(c1O)Cc1cc(C(C)(C)C)cc(c1OCC(C)=O)Cc1cc(N=Nc3ccc(C)cc3)cc(c1O)C2. The first-order valence-electron chi connectivity index (χ1n) is 22.4. The van der Waals surface area contributed by atoms with Crippen LogP contribution < -0.4 is 9.47 Å². The number of Topliss-reactive ketones (excluding diaryl/α,β-unsaturated/α-hetero) is 2. The number of aromatic hydroxyl groups is 2. The van der Waals surface area contributed by atoms with Gasteiger partial charge < -0.3 is 19.7 Å². The number of phenolic OH excluding ortho intramolecular Hbond substituents is 2. The Labute approximate surface area is 388 Å². The molecule has 6 aromatic rings. The fourth-order valence-electron chi connectivity index (χ4n) is 8.03. The highest BCUT2D eigenvalue weighted by Crippen LogP contribution is 2.44. The Kier molecular flexibility index (Phi) is 13.7. The molecular weight excluding hydrogens is 825 g/mol. The van der Waals surface area contributed by atoms with Gasteiger partial charge in [-0.3, -0.25) is 9.59 Å². The second kappa shape index (κ2) is 19.3. The van der Waals surface area contributed by atoms with E-state index in [1.54, 1.807) is 0 Å². The lowest BCUT2D eigenvalue weighted by atomic mass is 9.81. The second-order valence-electron chi connectivity index (χ2n) is 19.7. The van der Waals surface area contributed by atoms with E-state index in [1.165, 1.54) is 13.8 Å². The van der Waals surface area contributed by atoms with Crippen molar-refractivity contribution in [2.45, 2.75) is 106 Å². The van der Waals surface area contributed by atoms with Gasteiger partial charge in [-0.15, -0.1) is 0 Å². The molecule has 0 radical (unpaired) electrons. The van der Waals surface area contributed by atoms with E-state index in [0.717, 1.165) is 44.5 Å². The maximum atomic E-state index is 12.6. The van der Waals surface area contributed by atoms with Crippen molar-refractivity contribution in [1.29, 1.82) is 0 Å². The molecule has 10 heteroatoms. The third-order valence-corrected chi connectivity index (χ3v) is 11.7. The summed E-state index contributed by atoms with van der Waals surface area (Å²) in [5, 5.41) is 43.5. The molecule has 66 heavy (non-hydrogen) atoms. The summed E-state index contributed by atoms with van der Waals surface area (Å²) in [6.07, 6.45) is 0.833. The number of nitrogens with zero attached hydrogens (tertiary/aromatic N) is 4. The summed E-state index contributed by atoms with van der Waals surface area (Å²) in [6, 6.07) is 31.2. The molecule has 0 unspecified atom stereocenters. The summed E-state index contributed by atoms with van der Waals surface area (Å²) in [5.74, 6) is 0.821. The van der Waals surface area contributed by atoms with Gasteiger partial charge in [-0.05, 0) is 120 Å². The van der Waals surface area contributed by atoms with E-state index >= 15 is 0 Å². The Morgan fingerprint density at radius 3 is 0.985 bits per heavy atom. The molecule has 0 atom stereocenters. The van der Waals surface area contributed by atoms with Crippen molar-refractivity contribution in [2.75, 3.05) is 13.2 Å². The monoisotopic (exact) mass is 884 g/mol. The first-order chi connectivity index (χ1) is 31.2. The zero-order valence-electron chi connectivity index (χ0n) is 39.8. The fourth-order valence-corrected chi connectivity index (χ4v) is 8.03. The number of phenols is 2. The first-order valence-corrected chi connectivity index (χ1v) is 22.4. The van der Waals surface area contributed by atoms with Gasteiger partial charge in [0.05, 0.1) is 22.7 Å². The molecule has 0 fully saturated rings. The van der Waals surface area contributed by atoms with E-state index in [-0.39, 0.29) is 72.8 Å². The summed E-state index contributed by atoms with van der Waals surface area (Å²) in [7, 11) is 0. The van der Waals surface area contributed by atoms with E-state index in [2.05, 4.69) is 76.0 Å². The van der Waals surface area contributed by atoms with Crippen molar-refractivity contribution in [3.63, 3.8) is 0 Å². The Bertz CT molecular complexity index is 2570. The third kappa shape index (κ3) is 11.5. The molecule has 8 bridgehead atoms. The number of aryl methyl sites for hydroxylation is 2. The summed E-state index contributed by atoms with van der Waals surface area (Å²) in [5.41, 5.74) is 11.3. The zero-order valence-corrected chi connectivity index (χ0v) is 39.8. The minimum Gasteiger partial charge on any atom is -0.507 e. The molecule has 1 aliphatic rings. The summed E-state index contributed by atoms with van der Waals surface area (Å²) in [6.45, 7) is 19.4. The van der Waals surface area contributed by atoms with Crippen molar-refractivity contribution >= 4 is 34.3 Å². The number of benzene rings is 6. The number of carbonyl (C=O) groups is 2. The molecule has 7 rings (SSSR count). The largest absolute Gasteiger partial charge is 0.507 e. The maximum absolute atomic E-state index is 12.6. The number of ketones is 2. The van der Waals surface area contributed by atoms with Gasteiger partial charge in [0.2, 0.25) is 0 Å². The highest BCUT2D eigenvalue weighted by Gasteiger charge is 2.27. The lowest BCUT2D eigenvalue weighted by molar-refractivity contribution is -0.119. The topological polar surface area (TPSA) is 142 Å². The molecule has 10 nitrogen and oxygen atoms in total. The van der Waals surface area contributed by atoms with Crippen LogP contribution in [0.25, 0.3) is 0 Å². The maximum Gasteiger partial charge on any atom is 0.167 e. The average molecular weight is 885 g/mol. The number of ether oxygens (including phenoxy) is 2. The molecule has 340 valence electrons. The standard InChI is InChI=1S/C56H60N4O6/c1-33-11-15-47(16-12-33)57-59-49-27-37-19-41-23-45(55(5,6)7)25-43(53(41)65-31-35(3)61)21-39-29-50(60-58-48-17-13-34(2)14-18-48)30-40(52(39)64)22-44-26-46(56(8,9)10)24-42(20-38(28-49)51(37)63)54(44)66-32-36(4)62/h11-18,23-30,63-64H,19-22,31-32H2,1-10H3. The average Bonchev–Trinajstić information content (AvgIpc) is 3.24. The van der Waals surface area contributed by atoms with Crippen LogP contribution in [0.3, 0.4) is 0 Å². The third-order valence-electron chi connectivity index (χ3n) is 11.7. The predicted octanol–water partition coefficient (Wildman–Crippen LogP) is 13.8. The Hall–Kier alpha value is -6.94. The molecule has 2 N–H and O–H groups in total. The summed E-state index contributed by atoms with van der Waals surface area (Å²) >= 11 is 0. The zero-order chi connectivity index (χ0) is 47.5. The van der Waals surface area contributed by atoms with Gasteiger partial charge in [0.15, 0.2) is 11.6 Å². The summed E-state index contributed by atoms with van der Waals surface area (Å²) in [4.78, 5) is 25.2. The number of hydrogen-bond donors (Lipinski definition) is 2. The number of fused-ring (bicyclic) bond motifs is 8. The van der Waals surface area contributed by atoms with Crippen molar-refractivity contribution in [3.05, 3.63) is 164 Å². The Morgan fingerprint density at radius 1 is 0.455 bits per heavy atom. The highest BCUT2D eigenvalue weighted by atomic mass is 16.5. The van der Waals surface area contributed by atoms with Crippen molar-refractivity contribution in [2.24, 2.45) is 20.5 Å². The van der Waals surface area contributed by atoms with Crippen LogP contribution >= 0.6 is 0 Å². The smallest absolute Gasteiger partial charge is 0.167 e. The first kappa shape index (κ1) is 47.0. The van der Waals surface area contributed by atoms with Gasteiger partial charge in [0.25, 0.3) is 0 Å². The van der Waals surface area contributed by atoms with E-state index in [9.17, 15) is 19.8 Å². The van der Waals surface area contributed by atoms with Gasteiger partial charge in [-0.2, -0.15) is 20.5 Å². The molecule has 1 aliphatic carbocycles. The fraction of sp³-hybridized carbons (Fsp3) is 0.321. The van der Waals surface area contributed by atoms with Crippen LogP contribution in [-0.4, -0.2) is 35.0 Å². The molecule has 6 aromatic carbocycles. The van der Waals surface area contributed by atoms with Crippen LogP contribution in [0, 0.1) is 13.8 Å². The second-order valence-corrected chi connectivity index (χ2v) is 19.7. The van der Waals surface area contributed by atoms with E-state index in [0.29, 0.717) is 56.5 Å². The highest BCUT2D eigenvalue weighted by molar-refractivity contribution is 5.78. The van der Waals surface area contributed by atoms with E-state index < -0.39 is 0 Å². The van der Waals surface area contributed by atoms with Crippen LogP contribution in [0.5, 0.6) is 23.0 Å². The molecule has 0 spiro atoms. The van der Waals surface area contributed by atoms with Crippen LogP contribution in [0.1, 0.15) is 122 Å². The molecular formula is C56H60N4O6. The van der Waals surface area contributed by atoms with Crippen LogP contribution in [0.15, 0.2) is 118 Å². The molecule has 0 aliphatic heterocycles. The van der Waals surface area contributed by atoms with Gasteiger partial charge in [-0.1, -0.05) is 101 Å². The van der Waals surface area contributed by atoms with Gasteiger partial charge in [0, 0.05) is 47.9 Å². The predicted molar refractivity (Wildman–Crippen MR) is 261 cm³/mol. The molecule has 0 saturated carbocycles. The lowest BCUT2D eigenvalue weighted by Crippen LogP contribution is -2.16. The number of hydrogen-bond acceptors (Lipinski definition) is 10. The van der Waals surface area contributed by atoms with Gasteiger partial charge in [0.1, 0.15) is 36.2 Å². The van der Waals surface area contributed by atoms with Crippen LogP contribution in [-0.2, 0) is 46.1 Å². The molecule has 0 heterocycles. The molecule has 0 amide bonds. The molecule has 0 saturated heterocycles. The van der Waals surface area contributed by atoms with Gasteiger partial charge >= 0.3 is 0 Å². The number of rotatable bonds is 10. The van der Waals surface area contributed by atoms with Gasteiger partial charge in [-0.25, -0.2) is 0 Å². The normalized spacial score (nSPS) is 13.0. The van der Waals surface area contributed by atoms with E-state index in [4.69, 9.17) is 19.7 Å². The number of carbonyl (C=O) groups excluding carboxylic acids is 2. The lowest BCUT2D eigenvalue weighted by Gasteiger charge is -2.26. The van der Waals surface area contributed by atoms with Crippen molar-refractivity contribution in [3.8, 4) is 23.0 Å². The number of azo groups is 2. The minimum absolute atomic E-state index is 0.0725.